The molecule has 0 aromatic rings. The molecule has 0 bridgehead atoms. The minimum absolute atomic E-state index is 0.156. The highest BCUT2D eigenvalue weighted by molar-refractivity contribution is 6.07. The van der Waals surface area contributed by atoms with Gasteiger partial charge in [0.25, 0.3) is 0 Å². The summed E-state index contributed by atoms with van der Waals surface area (Å²) in [4.78, 5) is 11.2. The number of ketones is 1. The van der Waals surface area contributed by atoms with Crippen molar-refractivity contribution in [2.24, 2.45) is 5.92 Å². The van der Waals surface area contributed by atoms with Gasteiger partial charge in [-0.3, -0.25) is 4.79 Å². The average molecular weight is 162 g/mol. The van der Waals surface area contributed by atoms with Gasteiger partial charge in [-0.2, -0.15) is 0 Å². The summed E-state index contributed by atoms with van der Waals surface area (Å²) < 4.78 is 0. The molecule has 1 aliphatic rings. The van der Waals surface area contributed by atoms with E-state index in [0.29, 0.717) is 5.92 Å². The van der Waals surface area contributed by atoms with Crippen LogP contribution in [0.15, 0.2) is 36.0 Å². The molecule has 1 nitrogen and oxygen atoms in total. The molecule has 1 aliphatic carbocycles. The van der Waals surface area contributed by atoms with Crippen molar-refractivity contribution in [3.63, 3.8) is 0 Å². The van der Waals surface area contributed by atoms with E-state index in [2.05, 4.69) is 6.92 Å². The summed E-state index contributed by atoms with van der Waals surface area (Å²) in [5.41, 5.74) is 0.903. The van der Waals surface area contributed by atoms with Crippen molar-refractivity contribution in [2.45, 2.75) is 20.3 Å². The van der Waals surface area contributed by atoms with Crippen LogP contribution in [0.5, 0.6) is 0 Å². The third kappa shape index (κ3) is 1.94. The number of hydrogen-bond acceptors (Lipinski definition) is 1. The summed E-state index contributed by atoms with van der Waals surface area (Å²) >= 11 is 0. The van der Waals surface area contributed by atoms with Crippen molar-refractivity contribution in [3.05, 3.63) is 36.0 Å². The van der Waals surface area contributed by atoms with Gasteiger partial charge in [0, 0.05) is 11.5 Å². The van der Waals surface area contributed by atoms with Gasteiger partial charge in [-0.15, -0.1) is 0 Å². The largest absolute Gasteiger partial charge is 0.290 e. The van der Waals surface area contributed by atoms with E-state index < -0.39 is 0 Å². The second-order valence-electron chi connectivity index (χ2n) is 2.97. The van der Waals surface area contributed by atoms with Crippen LogP contribution in [0.25, 0.3) is 0 Å². The van der Waals surface area contributed by atoms with Crippen molar-refractivity contribution in [1.29, 1.82) is 0 Å². The fourth-order valence-corrected chi connectivity index (χ4v) is 1.20. The Bertz CT molecular complexity index is 256. The molecule has 0 fully saturated rings. The Hall–Kier alpha value is -1.11. The first-order valence-corrected chi connectivity index (χ1v) is 4.35. The van der Waals surface area contributed by atoms with E-state index in [9.17, 15) is 4.79 Å². The van der Waals surface area contributed by atoms with E-state index in [1.807, 2.05) is 31.2 Å². The molecular weight excluding hydrogens is 148 g/mol. The molecule has 0 radical (unpaired) electrons. The van der Waals surface area contributed by atoms with E-state index in [0.717, 1.165) is 12.0 Å². The van der Waals surface area contributed by atoms with E-state index in [4.69, 9.17) is 0 Å². The lowest BCUT2D eigenvalue weighted by Gasteiger charge is -1.99. The quantitative estimate of drug-likeness (QED) is 0.570. The Labute approximate surface area is 73.5 Å². The van der Waals surface area contributed by atoms with Gasteiger partial charge in [0.15, 0.2) is 5.78 Å². The smallest absolute Gasteiger partial charge is 0.182 e. The molecule has 0 saturated carbocycles. The number of carbonyl (C=O) groups is 1. The lowest BCUT2D eigenvalue weighted by molar-refractivity contribution is -0.111. The topological polar surface area (TPSA) is 17.1 Å². The standard InChI is InChI=1S/C11H14O/c1-3-4-5-6-10-9(2)7-8-11(10)12/h4-9H,3H2,1-2H3/b5-4?,10-6+/t9-/m0/s1. The Kier molecular flexibility index (Phi) is 3.03. The van der Waals surface area contributed by atoms with Crippen molar-refractivity contribution in [3.8, 4) is 0 Å². The Morgan fingerprint density at radius 1 is 1.58 bits per heavy atom. The van der Waals surface area contributed by atoms with Crippen LogP contribution in [-0.2, 0) is 4.79 Å². The molecule has 1 atom stereocenters. The van der Waals surface area contributed by atoms with Gasteiger partial charge in [-0.05, 0) is 12.5 Å². The van der Waals surface area contributed by atoms with Gasteiger partial charge < -0.3 is 0 Å². The lowest BCUT2D eigenvalue weighted by Crippen LogP contribution is -1.97. The molecule has 0 aromatic heterocycles. The summed E-state index contributed by atoms with van der Waals surface area (Å²) in [6, 6.07) is 0. The maximum atomic E-state index is 11.2. The van der Waals surface area contributed by atoms with Crippen LogP contribution >= 0.6 is 0 Å². The highest BCUT2D eigenvalue weighted by Gasteiger charge is 2.17. The average Bonchev–Trinajstić information content (AvgIpc) is 2.35. The third-order valence-electron chi connectivity index (χ3n) is 1.96. The van der Waals surface area contributed by atoms with Gasteiger partial charge in [0.05, 0.1) is 0 Å². The minimum atomic E-state index is 0.156. The van der Waals surface area contributed by atoms with E-state index in [1.54, 1.807) is 6.08 Å². The van der Waals surface area contributed by atoms with Gasteiger partial charge >= 0.3 is 0 Å². The molecular formula is C11H14O. The Balaban J connectivity index is 2.69. The molecule has 0 aliphatic heterocycles. The lowest BCUT2D eigenvalue weighted by atomic mass is 10.0. The maximum absolute atomic E-state index is 11.2. The minimum Gasteiger partial charge on any atom is -0.290 e. The van der Waals surface area contributed by atoms with Crippen LogP contribution in [0.1, 0.15) is 20.3 Å². The molecule has 0 aromatic carbocycles. The Morgan fingerprint density at radius 2 is 2.33 bits per heavy atom. The van der Waals surface area contributed by atoms with Crippen LogP contribution in [0.4, 0.5) is 0 Å². The van der Waals surface area contributed by atoms with Gasteiger partial charge in [-0.25, -0.2) is 0 Å². The van der Waals surface area contributed by atoms with Crippen molar-refractivity contribution in [2.75, 3.05) is 0 Å². The third-order valence-corrected chi connectivity index (χ3v) is 1.96. The van der Waals surface area contributed by atoms with Gasteiger partial charge in [0.2, 0.25) is 0 Å². The molecule has 0 spiro atoms. The fourth-order valence-electron chi connectivity index (χ4n) is 1.20. The molecule has 0 unspecified atom stereocenters. The number of allylic oxidation sites excluding steroid dienone is 6. The summed E-state index contributed by atoms with van der Waals surface area (Å²) in [5.74, 6) is 0.447. The monoisotopic (exact) mass is 162 g/mol. The second-order valence-corrected chi connectivity index (χ2v) is 2.97. The normalized spacial score (nSPS) is 26.3. The number of hydrogen-bond donors (Lipinski definition) is 0. The predicted octanol–water partition coefficient (Wildman–Crippen LogP) is 2.65. The number of rotatable bonds is 2. The van der Waals surface area contributed by atoms with Crippen molar-refractivity contribution in [1.82, 2.24) is 0 Å². The zero-order chi connectivity index (χ0) is 8.97. The SMILES string of the molecule is CCC=C/C=C1/C(=O)C=C[C@@H]1C. The van der Waals surface area contributed by atoms with E-state index >= 15 is 0 Å². The first kappa shape index (κ1) is 8.98. The Morgan fingerprint density at radius 3 is 2.83 bits per heavy atom. The van der Waals surface area contributed by atoms with E-state index in [-0.39, 0.29) is 5.78 Å². The second kappa shape index (κ2) is 4.05. The molecule has 1 heteroatoms. The van der Waals surface area contributed by atoms with Gasteiger partial charge in [-0.1, -0.05) is 38.2 Å². The van der Waals surface area contributed by atoms with E-state index in [1.165, 1.54) is 0 Å². The molecule has 0 N–H and O–H groups in total. The maximum Gasteiger partial charge on any atom is 0.182 e. The summed E-state index contributed by atoms with van der Waals surface area (Å²) in [6.07, 6.45) is 10.5. The first-order valence-electron chi connectivity index (χ1n) is 4.35. The number of carbonyl (C=O) groups excluding carboxylic acids is 1. The summed E-state index contributed by atoms with van der Waals surface area (Å²) in [7, 11) is 0. The van der Waals surface area contributed by atoms with Crippen LogP contribution in [0.3, 0.4) is 0 Å². The zero-order valence-electron chi connectivity index (χ0n) is 7.58. The predicted molar refractivity (Wildman–Crippen MR) is 50.8 cm³/mol. The van der Waals surface area contributed by atoms with Crippen LogP contribution in [0, 0.1) is 5.92 Å². The van der Waals surface area contributed by atoms with Crippen LogP contribution < -0.4 is 0 Å². The highest BCUT2D eigenvalue weighted by atomic mass is 16.1. The molecule has 0 heterocycles. The summed E-state index contributed by atoms with van der Waals surface area (Å²) in [5, 5.41) is 0. The zero-order valence-corrected chi connectivity index (χ0v) is 7.58. The molecule has 0 saturated heterocycles. The first-order chi connectivity index (χ1) is 5.75. The van der Waals surface area contributed by atoms with Crippen LogP contribution in [0.2, 0.25) is 0 Å². The van der Waals surface area contributed by atoms with Gasteiger partial charge in [0.1, 0.15) is 0 Å². The molecule has 0 amide bonds. The highest BCUT2D eigenvalue weighted by Crippen LogP contribution is 2.20. The fraction of sp³-hybridized carbons (Fsp3) is 0.364. The molecule has 1 rings (SSSR count). The molecule has 64 valence electrons. The van der Waals surface area contributed by atoms with Crippen molar-refractivity contribution < 1.29 is 4.79 Å². The molecule has 12 heavy (non-hydrogen) atoms. The summed E-state index contributed by atoms with van der Waals surface area (Å²) in [6.45, 7) is 4.11. The van der Waals surface area contributed by atoms with Crippen LogP contribution in [-0.4, -0.2) is 5.78 Å². The van der Waals surface area contributed by atoms with Crippen molar-refractivity contribution >= 4 is 5.78 Å².